The Hall–Kier alpha value is -1.81. The smallest absolute Gasteiger partial charge is 0.326 e. The molecule has 2 aliphatic carbocycles. The van der Waals surface area contributed by atoms with Gasteiger partial charge in [-0.1, -0.05) is 46.7 Å². The molecular formula is C22H18Cl2N2O5S2. The number of hydrogen-bond donors (Lipinski definition) is 2. The Morgan fingerprint density at radius 2 is 1.88 bits per heavy atom. The van der Waals surface area contributed by atoms with Gasteiger partial charge in [0.15, 0.2) is 0 Å². The molecule has 2 aromatic rings. The molecule has 6 rings (SSSR count). The SMILES string of the molecule is CC(C(=O)O)N1C(=O)C2C3CC(C2C1=O)C1C(c2cccc(Cl)c2Cl)c2sc(=O)[nH]c2SC31. The lowest BCUT2D eigenvalue weighted by molar-refractivity contribution is -0.154. The highest BCUT2D eigenvalue weighted by Crippen LogP contribution is 2.69. The van der Waals surface area contributed by atoms with Gasteiger partial charge < -0.3 is 10.1 Å². The largest absolute Gasteiger partial charge is 0.480 e. The van der Waals surface area contributed by atoms with Gasteiger partial charge in [0.05, 0.1) is 26.9 Å². The number of carbonyl (C=O) groups is 3. The van der Waals surface area contributed by atoms with Crippen LogP contribution in [0.1, 0.15) is 29.7 Å². The van der Waals surface area contributed by atoms with Gasteiger partial charge in [-0.15, -0.1) is 11.8 Å². The third-order valence-electron chi connectivity index (χ3n) is 7.82. The Bertz CT molecular complexity index is 1290. The number of rotatable bonds is 3. The summed E-state index contributed by atoms with van der Waals surface area (Å²) in [5, 5.41) is 11.1. The molecule has 172 valence electrons. The zero-order valence-corrected chi connectivity index (χ0v) is 20.3. The minimum Gasteiger partial charge on any atom is -0.480 e. The molecule has 11 heteroatoms. The summed E-state index contributed by atoms with van der Waals surface area (Å²) in [6.07, 6.45) is 0.721. The van der Waals surface area contributed by atoms with Crippen molar-refractivity contribution in [2.24, 2.45) is 29.6 Å². The van der Waals surface area contributed by atoms with Crippen molar-refractivity contribution >= 4 is 64.1 Å². The quantitative estimate of drug-likeness (QED) is 0.592. The number of nitrogens with zero attached hydrogens (tertiary/aromatic N) is 1. The summed E-state index contributed by atoms with van der Waals surface area (Å²) in [6.45, 7) is 1.37. The van der Waals surface area contributed by atoms with Crippen molar-refractivity contribution in [1.29, 1.82) is 0 Å². The third kappa shape index (κ3) is 2.82. The van der Waals surface area contributed by atoms with Crippen LogP contribution in [0.3, 0.4) is 0 Å². The maximum Gasteiger partial charge on any atom is 0.326 e. The number of fused-ring (bicyclic) bond motifs is 9. The molecule has 2 N–H and O–H groups in total. The molecule has 1 aromatic heterocycles. The molecule has 2 aliphatic heterocycles. The molecule has 0 spiro atoms. The predicted octanol–water partition coefficient (Wildman–Crippen LogP) is 3.69. The number of carboxylic acids is 1. The average Bonchev–Trinajstić information content (AvgIpc) is 3.48. The standard InChI is InChI=1S/C22H18Cl2N2O5S2/c1-6(21(29)30)26-19(27)13-8-5-9(14(13)20(26)28)16-12(8)11(7-3-2-4-10(23)15(7)24)17-18(32-16)25-22(31)33-17/h2-4,6,8-9,11-14,16H,5H2,1H3,(H,25,31)(H,29,30). The minimum atomic E-state index is -1.20. The average molecular weight is 525 g/mol. The number of thiazole rings is 1. The minimum absolute atomic E-state index is 0.00545. The van der Waals surface area contributed by atoms with E-state index in [1.54, 1.807) is 17.8 Å². The fourth-order valence-electron chi connectivity index (χ4n) is 6.64. The van der Waals surface area contributed by atoms with Gasteiger partial charge in [-0.2, -0.15) is 0 Å². The highest BCUT2D eigenvalue weighted by atomic mass is 35.5. The molecule has 4 aliphatic rings. The van der Waals surface area contributed by atoms with Crippen LogP contribution in [0.2, 0.25) is 10.0 Å². The Labute approximate surface area is 206 Å². The molecule has 1 aromatic carbocycles. The fraction of sp³-hybridized carbons (Fsp3) is 0.455. The molecule has 0 radical (unpaired) electrons. The molecule has 3 fully saturated rings. The van der Waals surface area contributed by atoms with E-state index in [1.165, 1.54) is 6.92 Å². The molecule has 2 bridgehead atoms. The number of nitrogens with one attached hydrogen (secondary N) is 1. The number of aliphatic carboxylic acids is 1. The zero-order valence-electron chi connectivity index (χ0n) is 17.2. The molecule has 33 heavy (non-hydrogen) atoms. The van der Waals surface area contributed by atoms with Crippen molar-refractivity contribution in [2.75, 3.05) is 0 Å². The van der Waals surface area contributed by atoms with Crippen LogP contribution in [-0.2, 0) is 14.4 Å². The van der Waals surface area contributed by atoms with Gasteiger partial charge in [-0.3, -0.25) is 19.3 Å². The van der Waals surface area contributed by atoms with Crippen LogP contribution in [0.4, 0.5) is 0 Å². The van der Waals surface area contributed by atoms with Gasteiger partial charge in [-0.05, 0) is 42.7 Å². The van der Waals surface area contributed by atoms with Crippen LogP contribution in [0, 0.1) is 29.6 Å². The lowest BCUT2D eigenvalue weighted by Gasteiger charge is -2.43. The highest BCUT2D eigenvalue weighted by molar-refractivity contribution is 8.00. The van der Waals surface area contributed by atoms with Gasteiger partial charge in [0, 0.05) is 16.0 Å². The van der Waals surface area contributed by atoms with Crippen molar-refractivity contribution in [3.8, 4) is 0 Å². The zero-order chi connectivity index (χ0) is 23.3. The van der Waals surface area contributed by atoms with E-state index < -0.39 is 23.8 Å². The first-order valence-corrected chi connectivity index (χ1v) is 13.1. The number of imide groups is 1. The normalized spacial score (nSPS) is 34.9. The van der Waals surface area contributed by atoms with E-state index in [0.29, 0.717) is 10.0 Å². The Morgan fingerprint density at radius 3 is 2.58 bits per heavy atom. The lowest BCUT2D eigenvalue weighted by atomic mass is 9.68. The summed E-state index contributed by atoms with van der Waals surface area (Å²) in [5.41, 5.74) is 0.813. The number of thioether (sulfide) groups is 1. The molecule has 8 unspecified atom stereocenters. The second-order valence-electron chi connectivity index (χ2n) is 9.16. The Balaban J connectivity index is 1.48. The summed E-state index contributed by atoms with van der Waals surface area (Å²) < 4.78 is 0. The lowest BCUT2D eigenvalue weighted by Crippen LogP contribution is -2.44. The first kappa shape index (κ1) is 21.7. The van der Waals surface area contributed by atoms with Crippen molar-refractivity contribution in [3.05, 3.63) is 48.4 Å². The monoisotopic (exact) mass is 524 g/mol. The predicted molar refractivity (Wildman–Crippen MR) is 124 cm³/mol. The van der Waals surface area contributed by atoms with E-state index in [-0.39, 0.29) is 45.6 Å². The number of benzene rings is 1. The number of H-pyrrole nitrogens is 1. The van der Waals surface area contributed by atoms with E-state index in [4.69, 9.17) is 23.2 Å². The summed E-state index contributed by atoms with van der Waals surface area (Å²) in [6, 6.07) is 4.25. The number of hydrogen-bond acceptors (Lipinski definition) is 6. The van der Waals surface area contributed by atoms with E-state index in [0.717, 1.165) is 38.1 Å². The van der Waals surface area contributed by atoms with Gasteiger partial charge in [0.2, 0.25) is 11.8 Å². The number of halogens is 2. The third-order valence-corrected chi connectivity index (χ3v) is 11.2. The van der Waals surface area contributed by atoms with E-state index in [9.17, 15) is 24.3 Å². The summed E-state index contributed by atoms with van der Waals surface area (Å²) in [5.74, 6) is -3.45. The van der Waals surface area contributed by atoms with Gasteiger partial charge in [0.1, 0.15) is 6.04 Å². The van der Waals surface area contributed by atoms with E-state index in [2.05, 4.69) is 4.98 Å². The summed E-state index contributed by atoms with van der Waals surface area (Å²) in [4.78, 5) is 55.1. The van der Waals surface area contributed by atoms with Crippen molar-refractivity contribution < 1.29 is 19.5 Å². The molecule has 2 saturated carbocycles. The topological polar surface area (TPSA) is 108 Å². The van der Waals surface area contributed by atoms with Gasteiger partial charge >= 0.3 is 10.8 Å². The van der Waals surface area contributed by atoms with Crippen molar-refractivity contribution in [2.45, 2.75) is 35.6 Å². The molecule has 7 nitrogen and oxygen atoms in total. The first-order chi connectivity index (χ1) is 15.7. The van der Waals surface area contributed by atoms with Crippen LogP contribution in [0.25, 0.3) is 0 Å². The summed E-state index contributed by atoms with van der Waals surface area (Å²) >= 11 is 15.7. The van der Waals surface area contributed by atoms with Crippen LogP contribution in [-0.4, -0.2) is 44.1 Å². The first-order valence-electron chi connectivity index (χ1n) is 10.6. The Morgan fingerprint density at radius 1 is 1.18 bits per heavy atom. The fourth-order valence-corrected chi connectivity index (χ4v) is 9.95. The molecule has 3 heterocycles. The highest BCUT2D eigenvalue weighted by Gasteiger charge is 2.70. The molecular weight excluding hydrogens is 507 g/mol. The van der Waals surface area contributed by atoms with Crippen LogP contribution in [0.5, 0.6) is 0 Å². The van der Waals surface area contributed by atoms with Crippen LogP contribution >= 0.6 is 46.3 Å². The summed E-state index contributed by atoms with van der Waals surface area (Å²) in [7, 11) is 0. The number of carbonyl (C=O) groups excluding carboxylic acids is 2. The van der Waals surface area contributed by atoms with Gasteiger partial charge in [0.25, 0.3) is 0 Å². The van der Waals surface area contributed by atoms with Gasteiger partial charge in [-0.25, -0.2) is 4.79 Å². The number of carboxylic acid groups (broad SMARTS) is 1. The maximum absolute atomic E-state index is 13.4. The maximum atomic E-state index is 13.4. The molecule has 8 atom stereocenters. The van der Waals surface area contributed by atoms with Crippen molar-refractivity contribution in [1.82, 2.24) is 9.88 Å². The van der Waals surface area contributed by atoms with E-state index >= 15 is 0 Å². The number of aromatic amines is 1. The second-order valence-corrected chi connectivity index (χ2v) is 12.2. The molecule has 2 amide bonds. The van der Waals surface area contributed by atoms with Crippen molar-refractivity contribution in [3.63, 3.8) is 0 Å². The molecule has 1 saturated heterocycles. The van der Waals surface area contributed by atoms with Crippen LogP contribution in [0.15, 0.2) is 28.0 Å². The Kier molecular flexibility index (Phi) is 4.83. The number of amides is 2. The number of likely N-dealkylation sites (tertiary alicyclic amines) is 1. The number of aromatic nitrogens is 1. The van der Waals surface area contributed by atoms with Crippen LogP contribution < -0.4 is 4.87 Å². The van der Waals surface area contributed by atoms with E-state index in [1.807, 2.05) is 12.1 Å². The second kappa shape index (κ2) is 7.34.